The highest BCUT2D eigenvalue weighted by molar-refractivity contribution is 5.78. The summed E-state index contributed by atoms with van der Waals surface area (Å²) in [6.07, 6.45) is 3.11. The van der Waals surface area contributed by atoms with E-state index in [2.05, 4.69) is 13.8 Å². The van der Waals surface area contributed by atoms with E-state index in [1.54, 1.807) is 0 Å². The first kappa shape index (κ1) is 12.5. The second-order valence-electron chi connectivity index (χ2n) is 4.86. The smallest absolute Gasteiger partial charge is 0.225 e. The van der Waals surface area contributed by atoms with Crippen LogP contribution in [0.4, 0.5) is 0 Å². The number of amides is 1. The molecule has 88 valence electrons. The molecule has 3 unspecified atom stereocenters. The standard InChI is InChI=1S/C12H24N2O/c1-4-10(3)12(15)14-6-5-9(2)7-11(14)8-13/h9-11H,4-8,13H2,1-3H3. The second kappa shape index (κ2) is 5.50. The normalized spacial score (nSPS) is 28.9. The van der Waals surface area contributed by atoms with Crippen LogP contribution in [0.25, 0.3) is 0 Å². The molecule has 0 aromatic rings. The molecule has 0 spiro atoms. The number of hydrogen-bond acceptors (Lipinski definition) is 2. The Kier molecular flexibility index (Phi) is 4.58. The first-order chi connectivity index (χ1) is 7.10. The maximum atomic E-state index is 12.1. The molecule has 0 aliphatic carbocycles. The summed E-state index contributed by atoms with van der Waals surface area (Å²) in [5, 5.41) is 0. The molecule has 0 radical (unpaired) electrons. The van der Waals surface area contributed by atoms with E-state index in [4.69, 9.17) is 5.73 Å². The van der Waals surface area contributed by atoms with Crippen LogP contribution in [0.2, 0.25) is 0 Å². The van der Waals surface area contributed by atoms with Crippen molar-refractivity contribution in [1.82, 2.24) is 4.90 Å². The Labute approximate surface area is 93.0 Å². The summed E-state index contributed by atoms with van der Waals surface area (Å²) in [6.45, 7) is 7.81. The molecule has 0 bridgehead atoms. The predicted molar refractivity (Wildman–Crippen MR) is 62.4 cm³/mol. The monoisotopic (exact) mass is 212 g/mol. The highest BCUT2D eigenvalue weighted by Gasteiger charge is 2.30. The Morgan fingerprint density at radius 1 is 1.60 bits per heavy atom. The number of carbonyl (C=O) groups is 1. The number of piperidine rings is 1. The van der Waals surface area contributed by atoms with E-state index in [-0.39, 0.29) is 12.0 Å². The fourth-order valence-electron chi connectivity index (χ4n) is 2.22. The quantitative estimate of drug-likeness (QED) is 0.772. The van der Waals surface area contributed by atoms with Gasteiger partial charge in [-0.15, -0.1) is 0 Å². The largest absolute Gasteiger partial charge is 0.338 e. The molecule has 1 aliphatic rings. The number of likely N-dealkylation sites (tertiary alicyclic amines) is 1. The summed E-state index contributed by atoms with van der Waals surface area (Å²) in [6, 6.07) is 0.273. The highest BCUT2D eigenvalue weighted by atomic mass is 16.2. The molecule has 1 fully saturated rings. The van der Waals surface area contributed by atoms with Gasteiger partial charge in [0.15, 0.2) is 0 Å². The van der Waals surface area contributed by atoms with Crippen molar-refractivity contribution in [3.05, 3.63) is 0 Å². The van der Waals surface area contributed by atoms with E-state index in [1.807, 2.05) is 11.8 Å². The average Bonchev–Trinajstić information content (AvgIpc) is 2.26. The van der Waals surface area contributed by atoms with Gasteiger partial charge in [0.2, 0.25) is 5.91 Å². The summed E-state index contributed by atoms with van der Waals surface area (Å²) >= 11 is 0. The van der Waals surface area contributed by atoms with E-state index in [9.17, 15) is 4.79 Å². The van der Waals surface area contributed by atoms with Crippen molar-refractivity contribution >= 4 is 5.91 Å². The maximum absolute atomic E-state index is 12.1. The van der Waals surface area contributed by atoms with Crippen LogP contribution in [0.1, 0.15) is 40.0 Å². The van der Waals surface area contributed by atoms with E-state index >= 15 is 0 Å². The number of nitrogens with zero attached hydrogens (tertiary/aromatic N) is 1. The third kappa shape index (κ3) is 2.94. The average molecular weight is 212 g/mol. The van der Waals surface area contributed by atoms with E-state index in [0.29, 0.717) is 18.4 Å². The Morgan fingerprint density at radius 3 is 2.80 bits per heavy atom. The fourth-order valence-corrected chi connectivity index (χ4v) is 2.22. The van der Waals surface area contributed by atoms with Gasteiger partial charge in [-0.1, -0.05) is 20.8 Å². The van der Waals surface area contributed by atoms with Gasteiger partial charge in [0.25, 0.3) is 0 Å². The third-order valence-corrected chi connectivity index (χ3v) is 3.57. The Balaban J connectivity index is 2.63. The van der Waals surface area contributed by atoms with Crippen LogP contribution in [-0.2, 0) is 4.79 Å². The molecule has 1 amide bonds. The molecular weight excluding hydrogens is 188 g/mol. The molecule has 1 heterocycles. The minimum absolute atomic E-state index is 0.146. The number of rotatable bonds is 3. The molecular formula is C12H24N2O. The molecule has 1 saturated heterocycles. The summed E-state index contributed by atoms with van der Waals surface area (Å²) < 4.78 is 0. The third-order valence-electron chi connectivity index (χ3n) is 3.57. The van der Waals surface area contributed by atoms with Crippen LogP contribution in [0.5, 0.6) is 0 Å². The first-order valence-electron chi connectivity index (χ1n) is 6.10. The Bertz CT molecular complexity index is 218. The van der Waals surface area contributed by atoms with Crippen LogP contribution in [0.15, 0.2) is 0 Å². The zero-order chi connectivity index (χ0) is 11.4. The molecule has 15 heavy (non-hydrogen) atoms. The van der Waals surface area contributed by atoms with Crippen LogP contribution in [0, 0.1) is 11.8 Å². The van der Waals surface area contributed by atoms with Gasteiger partial charge >= 0.3 is 0 Å². The lowest BCUT2D eigenvalue weighted by Crippen LogP contribution is -2.50. The molecule has 3 heteroatoms. The van der Waals surface area contributed by atoms with Crippen LogP contribution in [0.3, 0.4) is 0 Å². The summed E-state index contributed by atoms with van der Waals surface area (Å²) in [5.74, 6) is 1.15. The summed E-state index contributed by atoms with van der Waals surface area (Å²) in [7, 11) is 0. The molecule has 1 aliphatic heterocycles. The van der Waals surface area contributed by atoms with Gasteiger partial charge in [-0.05, 0) is 25.2 Å². The minimum Gasteiger partial charge on any atom is -0.338 e. The van der Waals surface area contributed by atoms with Gasteiger partial charge in [0.1, 0.15) is 0 Å². The van der Waals surface area contributed by atoms with Crippen molar-refractivity contribution in [2.45, 2.75) is 46.1 Å². The zero-order valence-electron chi connectivity index (χ0n) is 10.2. The molecule has 3 nitrogen and oxygen atoms in total. The van der Waals surface area contributed by atoms with Crippen molar-refractivity contribution < 1.29 is 4.79 Å². The first-order valence-corrected chi connectivity index (χ1v) is 6.10. The van der Waals surface area contributed by atoms with Gasteiger partial charge in [-0.3, -0.25) is 4.79 Å². The molecule has 2 N–H and O–H groups in total. The number of carbonyl (C=O) groups excluding carboxylic acids is 1. The SMILES string of the molecule is CCC(C)C(=O)N1CCC(C)CC1CN. The lowest BCUT2D eigenvalue weighted by molar-refractivity contribution is -0.139. The fraction of sp³-hybridized carbons (Fsp3) is 0.917. The minimum atomic E-state index is 0.146. The Morgan fingerprint density at radius 2 is 2.27 bits per heavy atom. The van der Waals surface area contributed by atoms with E-state index in [0.717, 1.165) is 25.8 Å². The highest BCUT2D eigenvalue weighted by Crippen LogP contribution is 2.23. The molecule has 0 aromatic carbocycles. The van der Waals surface area contributed by atoms with Crippen molar-refractivity contribution in [3.63, 3.8) is 0 Å². The molecule has 3 atom stereocenters. The maximum Gasteiger partial charge on any atom is 0.225 e. The zero-order valence-corrected chi connectivity index (χ0v) is 10.2. The van der Waals surface area contributed by atoms with Crippen LogP contribution in [-0.4, -0.2) is 29.9 Å². The summed E-state index contributed by atoms with van der Waals surface area (Å²) in [4.78, 5) is 14.1. The topological polar surface area (TPSA) is 46.3 Å². The van der Waals surface area contributed by atoms with Crippen molar-refractivity contribution in [2.75, 3.05) is 13.1 Å². The van der Waals surface area contributed by atoms with E-state index < -0.39 is 0 Å². The number of nitrogens with two attached hydrogens (primary N) is 1. The van der Waals surface area contributed by atoms with Gasteiger partial charge in [0, 0.05) is 25.0 Å². The molecule has 0 aromatic heterocycles. The molecule has 1 rings (SSSR count). The second-order valence-corrected chi connectivity index (χ2v) is 4.86. The molecule has 0 saturated carbocycles. The van der Waals surface area contributed by atoms with Crippen LogP contribution >= 0.6 is 0 Å². The van der Waals surface area contributed by atoms with Gasteiger partial charge < -0.3 is 10.6 Å². The lowest BCUT2D eigenvalue weighted by atomic mass is 9.91. The van der Waals surface area contributed by atoms with Crippen LogP contribution < -0.4 is 5.73 Å². The predicted octanol–water partition coefficient (Wildman–Crippen LogP) is 1.62. The Hall–Kier alpha value is -0.570. The lowest BCUT2D eigenvalue weighted by Gasteiger charge is -2.39. The van der Waals surface area contributed by atoms with Gasteiger partial charge in [-0.25, -0.2) is 0 Å². The van der Waals surface area contributed by atoms with Crippen molar-refractivity contribution in [1.29, 1.82) is 0 Å². The van der Waals surface area contributed by atoms with E-state index in [1.165, 1.54) is 0 Å². The van der Waals surface area contributed by atoms with Crippen molar-refractivity contribution in [3.8, 4) is 0 Å². The summed E-state index contributed by atoms with van der Waals surface area (Å²) in [5.41, 5.74) is 5.74. The van der Waals surface area contributed by atoms with Crippen molar-refractivity contribution in [2.24, 2.45) is 17.6 Å². The van der Waals surface area contributed by atoms with Gasteiger partial charge in [0.05, 0.1) is 0 Å². The number of hydrogen-bond donors (Lipinski definition) is 1. The van der Waals surface area contributed by atoms with Gasteiger partial charge in [-0.2, -0.15) is 0 Å².